The number of nitrogens with zero attached hydrogens (tertiary/aromatic N) is 3. The molecule has 1 saturated heterocycles. The molecule has 0 radical (unpaired) electrons. The Morgan fingerprint density at radius 2 is 1.59 bits per heavy atom. The van der Waals surface area contributed by atoms with E-state index in [1.807, 2.05) is 4.90 Å². The molecular formula is C18H20ClN3O4S. The number of aryl methyl sites for hydroxylation is 2. The van der Waals surface area contributed by atoms with Crippen LogP contribution in [0.3, 0.4) is 0 Å². The lowest BCUT2D eigenvalue weighted by atomic mass is 10.2. The molecule has 0 N–H and O–H groups in total. The van der Waals surface area contributed by atoms with Crippen LogP contribution >= 0.6 is 11.6 Å². The first-order valence-electron chi connectivity index (χ1n) is 8.46. The minimum absolute atomic E-state index is 0.0357. The number of piperazine rings is 1. The summed E-state index contributed by atoms with van der Waals surface area (Å²) in [7, 11) is -3.60. The van der Waals surface area contributed by atoms with Crippen LogP contribution in [0.15, 0.2) is 41.3 Å². The molecule has 0 aromatic heterocycles. The maximum absolute atomic E-state index is 13.0. The third-order valence-electron chi connectivity index (χ3n) is 4.74. The van der Waals surface area contributed by atoms with Gasteiger partial charge in [-0.3, -0.25) is 10.1 Å². The van der Waals surface area contributed by atoms with E-state index in [1.165, 1.54) is 16.4 Å². The Hall–Kier alpha value is -2.16. The smallest absolute Gasteiger partial charge is 0.269 e. The van der Waals surface area contributed by atoms with Crippen LogP contribution in [-0.2, 0) is 10.0 Å². The summed E-state index contributed by atoms with van der Waals surface area (Å²) in [6, 6.07) is 9.59. The normalized spacial score (nSPS) is 15.7. The molecule has 9 heteroatoms. The number of sulfonamides is 1. The van der Waals surface area contributed by atoms with Crippen molar-refractivity contribution >= 4 is 33.0 Å². The summed E-state index contributed by atoms with van der Waals surface area (Å²) in [4.78, 5) is 12.6. The number of benzene rings is 2. The summed E-state index contributed by atoms with van der Waals surface area (Å²) >= 11 is 6.08. The third kappa shape index (κ3) is 3.92. The summed E-state index contributed by atoms with van der Waals surface area (Å²) in [5.74, 6) is 0. The molecule has 0 atom stereocenters. The summed E-state index contributed by atoms with van der Waals surface area (Å²) in [5.41, 5.74) is 2.23. The molecule has 1 fully saturated rings. The van der Waals surface area contributed by atoms with Crippen LogP contribution in [0.1, 0.15) is 11.1 Å². The molecule has 3 rings (SSSR count). The minimum Gasteiger partial charge on any atom is -0.369 e. The van der Waals surface area contributed by atoms with Gasteiger partial charge in [-0.15, -0.1) is 0 Å². The monoisotopic (exact) mass is 409 g/mol. The first kappa shape index (κ1) is 19.6. The Bertz CT molecular complexity index is 969. The molecule has 1 aliphatic heterocycles. The molecular weight excluding hydrogens is 390 g/mol. The SMILES string of the molecule is Cc1cc(S(=O)(=O)N2CCN(c3ccc([N+](=O)[O-])cc3)CC2)c(C)cc1Cl. The zero-order valence-corrected chi connectivity index (χ0v) is 16.6. The van der Waals surface area contributed by atoms with Crippen LogP contribution in [0.2, 0.25) is 5.02 Å². The highest BCUT2D eigenvalue weighted by Crippen LogP contribution is 2.28. The van der Waals surface area contributed by atoms with Crippen LogP contribution in [0.4, 0.5) is 11.4 Å². The number of halogens is 1. The van der Waals surface area contributed by atoms with Gasteiger partial charge < -0.3 is 4.90 Å². The average molecular weight is 410 g/mol. The van der Waals surface area contributed by atoms with Gasteiger partial charge in [0.25, 0.3) is 5.69 Å². The van der Waals surface area contributed by atoms with Gasteiger partial charge in [-0.2, -0.15) is 4.31 Å². The van der Waals surface area contributed by atoms with E-state index >= 15 is 0 Å². The highest BCUT2D eigenvalue weighted by molar-refractivity contribution is 7.89. The number of hydrogen-bond acceptors (Lipinski definition) is 5. The lowest BCUT2D eigenvalue weighted by Crippen LogP contribution is -2.48. The van der Waals surface area contributed by atoms with Crippen molar-refractivity contribution < 1.29 is 13.3 Å². The number of nitro benzene ring substituents is 1. The molecule has 2 aromatic carbocycles. The van der Waals surface area contributed by atoms with Gasteiger partial charge in [0.05, 0.1) is 9.82 Å². The number of anilines is 1. The van der Waals surface area contributed by atoms with Crippen LogP contribution < -0.4 is 4.90 Å². The maximum Gasteiger partial charge on any atom is 0.269 e. The van der Waals surface area contributed by atoms with Crippen molar-refractivity contribution in [2.45, 2.75) is 18.7 Å². The number of rotatable bonds is 4. The van der Waals surface area contributed by atoms with E-state index in [-0.39, 0.29) is 10.6 Å². The minimum atomic E-state index is -3.60. The van der Waals surface area contributed by atoms with Gasteiger partial charge in [-0.1, -0.05) is 11.6 Å². The van der Waals surface area contributed by atoms with Crippen molar-refractivity contribution in [1.82, 2.24) is 4.31 Å². The van der Waals surface area contributed by atoms with Crippen molar-refractivity contribution in [3.8, 4) is 0 Å². The first-order valence-corrected chi connectivity index (χ1v) is 10.3. The Morgan fingerprint density at radius 1 is 1.00 bits per heavy atom. The molecule has 144 valence electrons. The molecule has 0 amide bonds. The fourth-order valence-electron chi connectivity index (χ4n) is 3.14. The van der Waals surface area contributed by atoms with Crippen molar-refractivity contribution in [3.63, 3.8) is 0 Å². The Morgan fingerprint density at radius 3 is 2.15 bits per heavy atom. The quantitative estimate of drug-likeness (QED) is 0.571. The summed E-state index contributed by atoms with van der Waals surface area (Å²) in [6.45, 7) is 5.25. The van der Waals surface area contributed by atoms with Crippen molar-refractivity contribution in [2.24, 2.45) is 0 Å². The molecule has 27 heavy (non-hydrogen) atoms. The van der Waals surface area contributed by atoms with Gasteiger partial charge in [0.1, 0.15) is 0 Å². The van der Waals surface area contributed by atoms with Gasteiger partial charge in [0.15, 0.2) is 0 Å². The fraction of sp³-hybridized carbons (Fsp3) is 0.333. The zero-order chi connectivity index (χ0) is 19.8. The van der Waals surface area contributed by atoms with E-state index in [2.05, 4.69) is 0 Å². The Labute approximate surface area is 163 Å². The topological polar surface area (TPSA) is 83.8 Å². The van der Waals surface area contributed by atoms with Gasteiger partial charge in [0, 0.05) is 49.0 Å². The van der Waals surface area contributed by atoms with E-state index < -0.39 is 14.9 Å². The summed E-state index contributed by atoms with van der Waals surface area (Å²) in [6.07, 6.45) is 0. The number of non-ortho nitro benzene ring substituents is 1. The molecule has 0 bridgehead atoms. The number of nitro groups is 1. The highest BCUT2D eigenvalue weighted by atomic mass is 35.5. The fourth-order valence-corrected chi connectivity index (χ4v) is 5.08. The van der Waals surface area contributed by atoms with Crippen LogP contribution in [0, 0.1) is 24.0 Å². The number of hydrogen-bond donors (Lipinski definition) is 0. The third-order valence-corrected chi connectivity index (χ3v) is 7.19. The molecule has 0 unspecified atom stereocenters. The van der Waals surface area contributed by atoms with E-state index in [4.69, 9.17) is 11.6 Å². The second kappa shape index (κ2) is 7.46. The van der Waals surface area contributed by atoms with Crippen LogP contribution in [0.25, 0.3) is 0 Å². The van der Waals surface area contributed by atoms with Gasteiger partial charge in [-0.05, 0) is 49.2 Å². The lowest BCUT2D eigenvalue weighted by Gasteiger charge is -2.35. The molecule has 2 aromatic rings. The predicted molar refractivity (Wildman–Crippen MR) is 105 cm³/mol. The van der Waals surface area contributed by atoms with E-state index in [0.29, 0.717) is 36.8 Å². The van der Waals surface area contributed by atoms with Crippen molar-refractivity contribution in [2.75, 3.05) is 31.1 Å². The predicted octanol–water partition coefficient (Wildman–Crippen LogP) is 3.38. The van der Waals surface area contributed by atoms with Gasteiger partial charge in [0.2, 0.25) is 10.0 Å². The summed E-state index contributed by atoms with van der Waals surface area (Å²) < 4.78 is 27.5. The molecule has 1 heterocycles. The standard InChI is InChI=1S/C18H20ClN3O4S/c1-13-12-18(14(2)11-17(13)19)27(25,26)21-9-7-20(8-10-21)15-3-5-16(6-4-15)22(23)24/h3-6,11-12H,7-10H2,1-2H3. The molecule has 1 aliphatic rings. The first-order chi connectivity index (χ1) is 12.7. The van der Waals surface area contributed by atoms with E-state index in [9.17, 15) is 18.5 Å². The average Bonchev–Trinajstić information content (AvgIpc) is 2.64. The van der Waals surface area contributed by atoms with E-state index in [1.54, 1.807) is 38.1 Å². The second-order valence-corrected chi connectivity index (χ2v) is 8.85. The second-order valence-electron chi connectivity index (χ2n) is 6.53. The zero-order valence-electron chi connectivity index (χ0n) is 15.1. The lowest BCUT2D eigenvalue weighted by molar-refractivity contribution is -0.384. The Balaban J connectivity index is 1.75. The molecule has 0 aliphatic carbocycles. The van der Waals surface area contributed by atoms with Crippen molar-refractivity contribution in [3.05, 3.63) is 62.7 Å². The molecule has 7 nitrogen and oxygen atoms in total. The van der Waals surface area contributed by atoms with E-state index in [0.717, 1.165) is 11.3 Å². The Kier molecular flexibility index (Phi) is 5.41. The van der Waals surface area contributed by atoms with Crippen molar-refractivity contribution in [1.29, 1.82) is 0 Å². The molecule has 0 spiro atoms. The maximum atomic E-state index is 13.0. The van der Waals surface area contributed by atoms with Crippen LogP contribution in [0.5, 0.6) is 0 Å². The summed E-state index contributed by atoms with van der Waals surface area (Å²) in [5, 5.41) is 11.3. The van der Waals surface area contributed by atoms with Gasteiger partial charge >= 0.3 is 0 Å². The van der Waals surface area contributed by atoms with Crippen LogP contribution in [-0.4, -0.2) is 43.8 Å². The van der Waals surface area contributed by atoms with Gasteiger partial charge in [-0.25, -0.2) is 8.42 Å². The highest BCUT2D eigenvalue weighted by Gasteiger charge is 2.30. The largest absolute Gasteiger partial charge is 0.369 e. The molecule has 0 saturated carbocycles.